The molecule has 2 aromatic carbocycles. The summed E-state index contributed by atoms with van der Waals surface area (Å²) >= 11 is 0. The Morgan fingerprint density at radius 2 is 1.76 bits per heavy atom. The average Bonchev–Trinajstić information content (AvgIpc) is 3.63. The summed E-state index contributed by atoms with van der Waals surface area (Å²) in [7, 11) is 0. The first-order valence-corrected chi connectivity index (χ1v) is 15.9. The Hall–Kier alpha value is -3.23. The fraction of sp³-hybridized carbons (Fsp3) is 0.559. The number of nitrogens with zero attached hydrogens (tertiary/aromatic N) is 4. The number of hydrogen-bond donors (Lipinski definition) is 1. The number of carbonyl (C=O) groups excluding carboxylic acids is 1. The zero-order valence-corrected chi connectivity index (χ0v) is 24.7. The third kappa shape index (κ3) is 6.11. The summed E-state index contributed by atoms with van der Waals surface area (Å²) in [5.41, 5.74) is 3.75. The molecule has 3 unspecified atom stereocenters. The first-order chi connectivity index (χ1) is 20.5. The lowest BCUT2D eigenvalue weighted by Gasteiger charge is -2.36. The molecule has 3 fully saturated rings. The van der Waals surface area contributed by atoms with E-state index in [0.29, 0.717) is 30.0 Å². The number of carboxylic acids is 1. The van der Waals surface area contributed by atoms with Gasteiger partial charge in [-0.1, -0.05) is 49.6 Å². The van der Waals surface area contributed by atoms with Crippen LogP contribution in [0.3, 0.4) is 0 Å². The number of likely N-dealkylation sites (tertiary alicyclic amines) is 2. The summed E-state index contributed by atoms with van der Waals surface area (Å²) in [6.45, 7) is 6.85. The zero-order chi connectivity index (χ0) is 29.1. The molecule has 224 valence electrons. The molecule has 1 saturated carbocycles. The number of aliphatic carboxylic acids is 1. The minimum Gasteiger partial charge on any atom is -0.480 e. The Kier molecular flexibility index (Phi) is 8.91. The van der Waals surface area contributed by atoms with E-state index < -0.39 is 5.97 Å². The Balaban J connectivity index is 1.13. The Labute approximate surface area is 248 Å². The maximum absolute atomic E-state index is 12.6. The molecule has 42 heavy (non-hydrogen) atoms. The van der Waals surface area contributed by atoms with Crippen LogP contribution in [0.5, 0.6) is 0 Å². The molecule has 1 N–H and O–H groups in total. The molecule has 0 amide bonds. The van der Waals surface area contributed by atoms with E-state index in [9.17, 15) is 14.7 Å². The lowest BCUT2D eigenvalue weighted by molar-refractivity contribution is -0.145. The smallest absolute Gasteiger partial charge is 0.338 e. The van der Waals surface area contributed by atoms with Gasteiger partial charge >= 0.3 is 11.9 Å². The van der Waals surface area contributed by atoms with Crippen molar-refractivity contribution in [2.75, 3.05) is 39.3 Å². The highest BCUT2D eigenvalue weighted by molar-refractivity contribution is 5.93. The molecule has 8 nitrogen and oxygen atoms in total. The molecule has 0 radical (unpaired) electrons. The Bertz CT molecular complexity index is 1360. The summed E-state index contributed by atoms with van der Waals surface area (Å²) in [5, 5.41) is 10.3. The maximum atomic E-state index is 12.6. The van der Waals surface area contributed by atoms with Crippen LogP contribution < -0.4 is 0 Å². The van der Waals surface area contributed by atoms with Gasteiger partial charge in [0.15, 0.2) is 0 Å². The molecule has 1 aromatic heterocycles. The molecular formula is C34H44N4O4. The number of fused-ring (bicyclic) bond motifs is 1. The predicted molar refractivity (Wildman–Crippen MR) is 163 cm³/mol. The highest BCUT2D eigenvalue weighted by Crippen LogP contribution is 2.39. The van der Waals surface area contributed by atoms with Crippen LogP contribution >= 0.6 is 0 Å². The molecule has 3 aromatic rings. The zero-order valence-electron chi connectivity index (χ0n) is 24.7. The summed E-state index contributed by atoms with van der Waals surface area (Å²) in [5.74, 6) is 0.0675. The Morgan fingerprint density at radius 1 is 1.00 bits per heavy atom. The number of benzene rings is 2. The minimum atomic E-state index is -0.642. The van der Waals surface area contributed by atoms with E-state index in [1.54, 1.807) is 0 Å². The molecule has 2 aliphatic heterocycles. The quantitative estimate of drug-likeness (QED) is 0.334. The molecule has 3 atom stereocenters. The van der Waals surface area contributed by atoms with E-state index in [4.69, 9.17) is 4.74 Å². The minimum absolute atomic E-state index is 0.264. The summed E-state index contributed by atoms with van der Waals surface area (Å²) in [6.07, 6.45) is 9.61. The van der Waals surface area contributed by atoms with Crippen molar-refractivity contribution >= 4 is 23.0 Å². The van der Waals surface area contributed by atoms with E-state index >= 15 is 0 Å². The van der Waals surface area contributed by atoms with Crippen LogP contribution in [0.2, 0.25) is 0 Å². The van der Waals surface area contributed by atoms with Crippen molar-refractivity contribution in [3.8, 4) is 0 Å². The van der Waals surface area contributed by atoms with Crippen LogP contribution in [0.15, 0.2) is 54.9 Å². The molecule has 3 aliphatic rings. The summed E-state index contributed by atoms with van der Waals surface area (Å²) in [6, 6.07) is 16.4. The van der Waals surface area contributed by atoms with Crippen LogP contribution in [-0.2, 0) is 9.53 Å². The van der Waals surface area contributed by atoms with Gasteiger partial charge in [0.1, 0.15) is 6.04 Å². The van der Waals surface area contributed by atoms with Gasteiger partial charge in [0.05, 0.1) is 29.5 Å². The fourth-order valence-corrected chi connectivity index (χ4v) is 7.88. The monoisotopic (exact) mass is 572 g/mol. The number of esters is 1. The van der Waals surface area contributed by atoms with Gasteiger partial charge in [-0.3, -0.25) is 9.69 Å². The van der Waals surface area contributed by atoms with Gasteiger partial charge in [0, 0.05) is 44.7 Å². The van der Waals surface area contributed by atoms with E-state index in [0.717, 1.165) is 82.3 Å². The number of hydrogen-bond acceptors (Lipinski definition) is 6. The standard InChI is InChI=1S/C34H44N4O4/c1-2-42-34(41)26-13-14-31-30(19-26)35-23-38(31)28-15-17-36(18-16-28)20-27-21-37(22-29(27)24-9-5-3-6-10-24)32(33(39)40)25-11-7-4-8-12-25/h3,5-6,9-10,13-14,19,23,25,27-29,32H,2,4,7-8,11-12,15-18,20-22H2,1H3,(H,39,40). The highest BCUT2D eigenvalue weighted by Gasteiger charge is 2.43. The van der Waals surface area contributed by atoms with Crippen LogP contribution in [0.25, 0.3) is 11.0 Å². The normalized spacial score (nSPS) is 23.7. The molecule has 0 spiro atoms. The van der Waals surface area contributed by atoms with E-state index in [1.807, 2.05) is 31.5 Å². The number of rotatable bonds is 9. The van der Waals surface area contributed by atoms with Gasteiger partial charge in [-0.15, -0.1) is 0 Å². The summed E-state index contributed by atoms with van der Waals surface area (Å²) in [4.78, 5) is 34.2. The SMILES string of the molecule is CCOC(=O)c1ccc2c(c1)ncn2C1CCN(CC2CN(C(C(=O)O)C3CCCCC3)CC2c2ccccc2)CC1. The largest absolute Gasteiger partial charge is 0.480 e. The number of aromatic nitrogens is 2. The van der Waals surface area contributed by atoms with Crippen molar-refractivity contribution < 1.29 is 19.4 Å². The lowest BCUT2D eigenvalue weighted by atomic mass is 9.83. The van der Waals surface area contributed by atoms with Crippen molar-refractivity contribution in [3.05, 3.63) is 66.0 Å². The Morgan fingerprint density at radius 3 is 2.48 bits per heavy atom. The number of piperidine rings is 1. The molecular weight excluding hydrogens is 528 g/mol. The van der Waals surface area contributed by atoms with Crippen molar-refractivity contribution in [3.63, 3.8) is 0 Å². The number of carboxylic acid groups (broad SMARTS) is 1. The molecule has 6 rings (SSSR count). The second-order valence-electron chi connectivity index (χ2n) is 12.5. The summed E-state index contributed by atoms with van der Waals surface area (Å²) < 4.78 is 7.42. The van der Waals surface area contributed by atoms with E-state index in [-0.39, 0.29) is 17.9 Å². The van der Waals surface area contributed by atoms with Gasteiger partial charge in [-0.25, -0.2) is 9.78 Å². The van der Waals surface area contributed by atoms with Crippen LogP contribution in [0.4, 0.5) is 0 Å². The molecule has 1 aliphatic carbocycles. The number of carbonyl (C=O) groups is 2. The van der Waals surface area contributed by atoms with Crippen molar-refractivity contribution in [2.24, 2.45) is 11.8 Å². The number of ether oxygens (including phenoxy) is 1. The lowest BCUT2D eigenvalue weighted by Crippen LogP contribution is -2.46. The van der Waals surface area contributed by atoms with Crippen molar-refractivity contribution in [1.29, 1.82) is 0 Å². The van der Waals surface area contributed by atoms with Crippen LogP contribution in [0, 0.1) is 11.8 Å². The van der Waals surface area contributed by atoms with Gasteiger partial charge in [0.25, 0.3) is 0 Å². The van der Waals surface area contributed by atoms with Gasteiger partial charge in [0.2, 0.25) is 0 Å². The predicted octanol–water partition coefficient (Wildman–Crippen LogP) is 5.60. The van der Waals surface area contributed by atoms with Gasteiger partial charge < -0.3 is 19.3 Å². The molecule has 0 bridgehead atoms. The highest BCUT2D eigenvalue weighted by atomic mass is 16.5. The second kappa shape index (κ2) is 13.0. The van der Waals surface area contributed by atoms with Gasteiger partial charge in [-0.2, -0.15) is 0 Å². The average molecular weight is 573 g/mol. The van der Waals surface area contributed by atoms with Gasteiger partial charge in [-0.05, 0) is 68.2 Å². The maximum Gasteiger partial charge on any atom is 0.338 e. The molecule has 8 heteroatoms. The first kappa shape index (κ1) is 28.9. The van der Waals surface area contributed by atoms with Crippen LogP contribution in [-0.4, -0.2) is 81.8 Å². The molecule has 3 heterocycles. The topological polar surface area (TPSA) is 87.9 Å². The fourth-order valence-electron chi connectivity index (χ4n) is 7.88. The van der Waals surface area contributed by atoms with E-state index in [1.165, 1.54) is 12.0 Å². The molecule has 2 saturated heterocycles. The third-order valence-corrected chi connectivity index (χ3v) is 9.97. The third-order valence-electron chi connectivity index (χ3n) is 9.97. The van der Waals surface area contributed by atoms with Crippen molar-refractivity contribution in [1.82, 2.24) is 19.4 Å². The second-order valence-corrected chi connectivity index (χ2v) is 12.5. The van der Waals surface area contributed by atoms with Crippen molar-refractivity contribution in [2.45, 2.75) is 69.9 Å². The van der Waals surface area contributed by atoms with Crippen LogP contribution in [0.1, 0.15) is 79.8 Å². The van der Waals surface area contributed by atoms with E-state index in [2.05, 4.69) is 49.7 Å². The first-order valence-electron chi connectivity index (χ1n) is 15.9. The number of imidazole rings is 1.